The number of phenols is 1. The Labute approximate surface area is 111 Å². The summed E-state index contributed by atoms with van der Waals surface area (Å²) < 4.78 is 0. The molecule has 0 aliphatic rings. The van der Waals surface area contributed by atoms with Gasteiger partial charge in [0.2, 0.25) is 0 Å². The lowest BCUT2D eigenvalue weighted by Gasteiger charge is -2.00. The van der Waals surface area contributed by atoms with E-state index in [4.69, 9.17) is 0 Å². The van der Waals surface area contributed by atoms with Crippen LogP contribution in [0.25, 0.3) is 10.8 Å². The first-order valence-electron chi connectivity index (χ1n) is 6.14. The maximum atomic E-state index is 9.67. The third-order valence-corrected chi connectivity index (χ3v) is 3.02. The number of para-hydroxylation sites is 1. The van der Waals surface area contributed by atoms with E-state index in [0.29, 0.717) is 0 Å². The lowest BCUT2D eigenvalue weighted by Crippen LogP contribution is -1.80. The SMILES string of the molecule is Oc1ccccc1/C=N/c1ccc2ccccc2c1. The molecule has 0 bridgehead atoms. The Hall–Kier alpha value is -2.61. The van der Waals surface area contributed by atoms with E-state index in [1.54, 1.807) is 18.3 Å². The molecule has 1 N–H and O–H groups in total. The molecule has 0 radical (unpaired) electrons. The molecule has 0 aliphatic carbocycles. The second kappa shape index (κ2) is 4.94. The van der Waals surface area contributed by atoms with Crippen LogP contribution in [-0.4, -0.2) is 11.3 Å². The highest BCUT2D eigenvalue weighted by atomic mass is 16.3. The van der Waals surface area contributed by atoms with Crippen molar-refractivity contribution in [2.75, 3.05) is 0 Å². The minimum Gasteiger partial charge on any atom is -0.507 e. The highest BCUT2D eigenvalue weighted by molar-refractivity contribution is 5.88. The molecular weight excluding hydrogens is 234 g/mol. The largest absolute Gasteiger partial charge is 0.507 e. The van der Waals surface area contributed by atoms with E-state index in [0.717, 1.165) is 16.6 Å². The number of phenolic OH excluding ortho intramolecular Hbond substituents is 1. The van der Waals surface area contributed by atoms with Gasteiger partial charge >= 0.3 is 0 Å². The topological polar surface area (TPSA) is 32.6 Å². The highest BCUT2D eigenvalue weighted by Crippen LogP contribution is 2.21. The van der Waals surface area contributed by atoms with E-state index in [9.17, 15) is 5.11 Å². The summed E-state index contributed by atoms with van der Waals surface area (Å²) in [6, 6.07) is 21.4. The Morgan fingerprint density at radius 2 is 1.53 bits per heavy atom. The Kier molecular flexibility index (Phi) is 2.99. The Bertz CT molecular complexity index is 747. The van der Waals surface area contributed by atoms with Crippen LogP contribution in [0.2, 0.25) is 0 Å². The summed E-state index contributed by atoms with van der Waals surface area (Å²) in [5.74, 6) is 0.243. The van der Waals surface area contributed by atoms with E-state index < -0.39 is 0 Å². The summed E-state index contributed by atoms with van der Waals surface area (Å²) in [5.41, 5.74) is 1.60. The standard InChI is InChI=1S/C17H13NO/c19-17-8-4-3-7-15(17)12-18-16-10-9-13-5-1-2-6-14(13)11-16/h1-12,19H/b18-12+. The summed E-state index contributed by atoms with van der Waals surface area (Å²) in [7, 11) is 0. The smallest absolute Gasteiger partial charge is 0.124 e. The van der Waals surface area contributed by atoms with Crippen LogP contribution in [0.1, 0.15) is 5.56 Å². The summed E-state index contributed by atoms with van der Waals surface area (Å²) in [6.45, 7) is 0. The molecule has 0 atom stereocenters. The van der Waals surface area contributed by atoms with Crippen molar-refractivity contribution >= 4 is 22.7 Å². The van der Waals surface area contributed by atoms with Crippen molar-refractivity contribution in [2.24, 2.45) is 4.99 Å². The molecule has 0 saturated carbocycles. The fourth-order valence-electron chi connectivity index (χ4n) is 2.00. The van der Waals surface area contributed by atoms with E-state index in [1.165, 1.54) is 5.39 Å². The number of fused-ring (bicyclic) bond motifs is 1. The van der Waals surface area contributed by atoms with Crippen LogP contribution in [0.15, 0.2) is 71.7 Å². The number of aliphatic imine (C=N–C) groups is 1. The van der Waals surface area contributed by atoms with Gasteiger partial charge < -0.3 is 5.11 Å². The van der Waals surface area contributed by atoms with Gasteiger partial charge in [0.05, 0.1) is 5.69 Å². The van der Waals surface area contributed by atoms with Gasteiger partial charge in [-0.25, -0.2) is 0 Å². The van der Waals surface area contributed by atoms with E-state index in [2.05, 4.69) is 17.1 Å². The van der Waals surface area contributed by atoms with Gasteiger partial charge in [-0.15, -0.1) is 0 Å². The van der Waals surface area contributed by atoms with Crippen molar-refractivity contribution in [2.45, 2.75) is 0 Å². The van der Waals surface area contributed by atoms with Gasteiger partial charge in [-0.05, 0) is 35.0 Å². The monoisotopic (exact) mass is 247 g/mol. The molecule has 0 aromatic heterocycles. The van der Waals surface area contributed by atoms with Crippen LogP contribution < -0.4 is 0 Å². The number of nitrogens with zero attached hydrogens (tertiary/aromatic N) is 1. The molecule has 0 heterocycles. The molecule has 92 valence electrons. The predicted molar refractivity (Wildman–Crippen MR) is 79.3 cm³/mol. The zero-order chi connectivity index (χ0) is 13.1. The zero-order valence-electron chi connectivity index (χ0n) is 10.3. The summed E-state index contributed by atoms with van der Waals surface area (Å²) in [6.07, 6.45) is 1.68. The van der Waals surface area contributed by atoms with Crippen LogP contribution in [0, 0.1) is 0 Å². The quantitative estimate of drug-likeness (QED) is 0.673. The number of benzene rings is 3. The maximum Gasteiger partial charge on any atom is 0.124 e. The van der Waals surface area contributed by atoms with E-state index >= 15 is 0 Å². The summed E-state index contributed by atoms with van der Waals surface area (Å²) in [5, 5.41) is 12.0. The molecule has 0 unspecified atom stereocenters. The van der Waals surface area contributed by atoms with Gasteiger partial charge in [0.1, 0.15) is 5.75 Å². The van der Waals surface area contributed by atoms with Gasteiger partial charge in [0, 0.05) is 11.8 Å². The van der Waals surface area contributed by atoms with Crippen molar-refractivity contribution in [3.63, 3.8) is 0 Å². The van der Waals surface area contributed by atoms with Crippen LogP contribution in [0.3, 0.4) is 0 Å². The van der Waals surface area contributed by atoms with Crippen molar-refractivity contribution < 1.29 is 5.11 Å². The first-order valence-corrected chi connectivity index (χ1v) is 6.14. The van der Waals surface area contributed by atoms with E-state index in [-0.39, 0.29) is 5.75 Å². The fourth-order valence-corrected chi connectivity index (χ4v) is 2.00. The lowest BCUT2D eigenvalue weighted by molar-refractivity contribution is 0.474. The third-order valence-electron chi connectivity index (χ3n) is 3.02. The van der Waals surface area contributed by atoms with Crippen LogP contribution >= 0.6 is 0 Å². The van der Waals surface area contributed by atoms with Gasteiger partial charge in [-0.2, -0.15) is 0 Å². The molecule has 2 nitrogen and oxygen atoms in total. The number of rotatable bonds is 2. The van der Waals surface area contributed by atoms with Gasteiger partial charge in [-0.3, -0.25) is 4.99 Å². The molecule has 19 heavy (non-hydrogen) atoms. The fraction of sp³-hybridized carbons (Fsp3) is 0. The molecular formula is C17H13NO. The molecule has 0 aliphatic heterocycles. The normalized spacial score (nSPS) is 11.2. The lowest BCUT2D eigenvalue weighted by atomic mass is 10.1. The average Bonchev–Trinajstić information content (AvgIpc) is 2.46. The minimum absolute atomic E-state index is 0.243. The summed E-state index contributed by atoms with van der Waals surface area (Å²) >= 11 is 0. The second-order valence-electron chi connectivity index (χ2n) is 4.35. The van der Waals surface area contributed by atoms with Crippen molar-refractivity contribution in [1.29, 1.82) is 0 Å². The van der Waals surface area contributed by atoms with Crippen molar-refractivity contribution in [1.82, 2.24) is 0 Å². The molecule has 0 saturated heterocycles. The van der Waals surface area contributed by atoms with Gasteiger partial charge in [0.15, 0.2) is 0 Å². The number of aromatic hydroxyl groups is 1. The molecule has 2 heteroatoms. The molecule has 3 rings (SSSR count). The Balaban J connectivity index is 1.95. The molecule has 0 amide bonds. The summed E-state index contributed by atoms with van der Waals surface area (Å²) in [4.78, 5) is 4.40. The average molecular weight is 247 g/mol. The molecule has 3 aromatic carbocycles. The first kappa shape index (κ1) is 11.5. The van der Waals surface area contributed by atoms with Crippen molar-refractivity contribution in [3.8, 4) is 5.75 Å². The minimum atomic E-state index is 0.243. The van der Waals surface area contributed by atoms with Gasteiger partial charge in [0.25, 0.3) is 0 Å². The number of hydrogen-bond donors (Lipinski definition) is 1. The van der Waals surface area contributed by atoms with Crippen molar-refractivity contribution in [3.05, 3.63) is 72.3 Å². The number of hydrogen-bond acceptors (Lipinski definition) is 2. The Morgan fingerprint density at radius 3 is 2.37 bits per heavy atom. The van der Waals surface area contributed by atoms with Gasteiger partial charge in [-0.1, -0.05) is 42.5 Å². The molecule has 0 fully saturated rings. The van der Waals surface area contributed by atoms with Crippen LogP contribution in [0.5, 0.6) is 5.75 Å². The molecule has 0 spiro atoms. The highest BCUT2D eigenvalue weighted by Gasteiger charge is 1.96. The van der Waals surface area contributed by atoms with Crippen LogP contribution in [0.4, 0.5) is 5.69 Å². The van der Waals surface area contributed by atoms with E-state index in [1.807, 2.05) is 42.5 Å². The maximum absolute atomic E-state index is 9.67. The third kappa shape index (κ3) is 2.47. The molecule has 3 aromatic rings. The zero-order valence-corrected chi connectivity index (χ0v) is 10.3. The first-order chi connectivity index (χ1) is 9.33. The van der Waals surface area contributed by atoms with Crippen LogP contribution in [-0.2, 0) is 0 Å². The Morgan fingerprint density at radius 1 is 0.789 bits per heavy atom. The predicted octanol–water partition coefficient (Wildman–Crippen LogP) is 4.30. The second-order valence-corrected chi connectivity index (χ2v) is 4.35.